The zero-order chi connectivity index (χ0) is 19.4. The van der Waals surface area contributed by atoms with Crippen molar-refractivity contribution in [1.29, 1.82) is 0 Å². The number of nitrogens with one attached hydrogen (secondary N) is 3. The third-order valence-electron chi connectivity index (χ3n) is 5.04. The van der Waals surface area contributed by atoms with Gasteiger partial charge in [-0.1, -0.05) is 30.3 Å². The highest BCUT2D eigenvalue weighted by atomic mass is 32.2. The van der Waals surface area contributed by atoms with Crippen LogP contribution in [0.15, 0.2) is 30.3 Å². The summed E-state index contributed by atoms with van der Waals surface area (Å²) in [4.78, 5) is 26.3. The summed E-state index contributed by atoms with van der Waals surface area (Å²) in [5.41, 5.74) is 1.05. The molecule has 2 fully saturated rings. The standard InChI is InChI=1S/C18H26N4O4S/c1-27(25,26)21-14-9-16-18(24)20-11-15(22(16)12-14)7-8-17(23)19-10-13-5-3-2-4-6-13/h2-6,14-16,21H,7-12H2,1H3,(H,19,23)(H,20,24)/t14-,15-,16+/m1/s1. The first-order valence-corrected chi connectivity index (χ1v) is 11.0. The van der Waals surface area contributed by atoms with E-state index in [1.165, 1.54) is 0 Å². The van der Waals surface area contributed by atoms with Crippen molar-refractivity contribution in [3.05, 3.63) is 35.9 Å². The quantitative estimate of drug-likeness (QED) is 0.582. The van der Waals surface area contributed by atoms with Gasteiger partial charge in [0.05, 0.1) is 12.3 Å². The smallest absolute Gasteiger partial charge is 0.237 e. The molecule has 0 bridgehead atoms. The number of sulfonamides is 1. The van der Waals surface area contributed by atoms with E-state index in [0.29, 0.717) is 38.9 Å². The molecule has 2 saturated heterocycles. The van der Waals surface area contributed by atoms with Crippen LogP contribution in [0, 0.1) is 0 Å². The number of benzene rings is 1. The lowest BCUT2D eigenvalue weighted by Crippen LogP contribution is -2.58. The molecule has 0 saturated carbocycles. The van der Waals surface area contributed by atoms with Crippen molar-refractivity contribution < 1.29 is 18.0 Å². The molecular formula is C18H26N4O4S. The molecule has 3 N–H and O–H groups in total. The van der Waals surface area contributed by atoms with Gasteiger partial charge < -0.3 is 10.6 Å². The van der Waals surface area contributed by atoms with Gasteiger partial charge in [0.2, 0.25) is 21.8 Å². The third kappa shape index (κ3) is 5.50. The van der Waals surface area contributed by atoms with E-state index in [0.717, 1.165) is 11.8 Å². The van der Waals surface area contributed by atoms with Crippen LogP contribution in [0.2, 0.25) is 0 Å². The Hall–Kier alpha value is -1.97. The second kappa shape index (κ2) is 8.37. The molecule has 2 amide bonds. The van der Waals surface area contributed by atoms with Crippen LogP contribution in [0.5, 0.6) is 0 Å². The maximum absolute atomic E-state index is 12.2. The van der Waals surface area contributed by atoms with Gasteiger partial charge in [0.25, 0.3) is 0 Å². The number of carbonyl (C=O) groups excluding carboxylic acids is 2. The number of hydrogen-bond acceptors (Lipinski definition) is 5. The van der Waals surface area contributed by atoms with Crippen LogP contribution in [0.1, 0.15) is 24.8 Å². The Balaban J connectivity index is 1.50. The third-order valence-corrected chi connectivity index (χ3v) is 5.80. The van der Waals surface area contributed by atoms with Gasteiger partial charge in [0.1, 0.15) is 0 Å². The molecular weight excluding hydrogens is 368 g/mol. The number of amides is 2. The van der Waals surface area contributed by atoms with Crippen LogP contribution in [0.4, 0.5) is 0 Å². The zero-order valence-electron chi connectivity index (χ0n) is 15.3. The Morgan fingerprint density at radius 3 is 2.74 bits per heavy atom. The van der Waals surface area contributed by atoms with Crippen molar-refractivity contribution >= 4 is 21.8 Å². The highest BCUT2D eigenvalue weighted by molar-refractivity contribution is 7.88. The lowest BCUT2D eigenvalue weighted by Gasteiger charge is -2.37. The van der Waals surface area contributed by atoms with E-state index < -0.39 is 10.0 Å². The molecule has 9 heteroatoms. The molecule has 0 unspecified atom stereocenters. The van der Waals surface area contributed by atoms with E-state index >= 15 is 0 Å². The van der Waals surface area contributed by atoms with Crippen molar-refractivity contribution in [2.75, 3.05) is 19.3 Å². The summed E-state index contributed by atoms with van der Waals surface area (Å²) in [6.07, 6.45) is 2.55. The molecule has 148 valence electrons. The van der Waals surface area contributed by atoms with Crippen molar-refractivity contribution in [2.45, 2.75) is 43.9 Å². The molecule has 8 nitrogen and oxygen atoms in total. The Morgan fingerprint density at radius 2 is 2.04 bits per heavy atom. The maximum atomic E-state index is 12.2. The summed E-state index contributed by atoms with van der Waals surface area (Å²) in [7, 11) is -3.32. The monoisotopic (exact) mass is 394 g/mol. The Labute approximate surface area is 159 Å². The SMILES string of the molecule is CS(=O)(=O)N[C@@H]1C[C@H]2C(=O)NC[C@@H](CCC(=O)NCc3ccccc3)N2C1. The normalized spacial score (nSPS) is 25.7. The highest BCUT2D eigenvalue weighted by Gasteiger charge is 2.43. The van der Waals surface area contributed by atoms with Gasteiger partial charge >= 0.3 is 0 Å². The molecule has 0 aliphatic carbocycles. The number of nitrogens with zero attached hydrogens (tertiary/aromatic N) is 1. The minimum Gasteiger partial charge on any atom is -0.353 e. The second-order valence-electron chi connectivity index (χ2n) is 7.24. The maximum Gasteiger partial charge on any atom is 0.237 e. The summed E-state index contributed by atoms with van der Waals surface area (Å²) in [6, 6.07) is 9.13. The Kier molecular flexibility index (Phi) is 6.13. The van der Waals surface area contributed by atoms with Gasteiger partial charge in [-0.3, -0.25) is 14.5 Å². The van der Waals surface area contributed by atoms with Gasteiger partial charge in [-0.25, -0.2) is 13.1 Å². The van der Waals surface area contributed by atoms with Crippen LogP contribution >= 0.6 is 0 Å². The number of carbonyl (C=O) groups is 2. The van der Waals surface area contributed by atoms with E-state index in [9.17, 15) is 18.0 Å². The molecule has 27 heavy (non-hydrogen) atoms. The van der Waals surface area contributed by atoms with E-state index in [4.69, 9.17) is 0 Å². The van der Waals surface area contributed by atoms with Gasteiger partial charge in [0, 0.05) is 38.1 Å². The first kappa shape index (κ1) is 19.8. The number of piperazine rings is 1. The Bertz CT molecular complexity index is 784. The summed E-state index contributed by atoms with van der Waals surface area (Å²) >= 11 is 0. The van der Waals surface area contributed by atoms with Crippen molar-refractivity contribution in [2.24, 2.45) is 0 Å². The van der Waals surface area contributed by atoms with Crippen molar-refractivity contribution in [1.82, 2.24) is 20.3 Å². The number of fused-ring (bicyclic) bond motifs is 1. The van der Waals surface area contributed by atoms with Crippen LogP contribution in [0.25, 0.3) is 0 Å². The largest absolute Gasteiger partial charge is 0.353 e. The molecule has 3 rings (SSSR count). The predicted molar refractivity (Wildman–Crippen MR) is 101 cm³/mol. The zero-order valence-corrected chi connectivity index (χ0v) is 16.2. The summed E-state index contributed by atoms with van der Waals surface area (Å²) in [6.45, 7) is 1.46. The van der Waals surface area contributed by atoms with Crippen molar-refractivity contribution in [3.8, 4) is 0 Å². The molecule has 1 aromatic rings. The topological polar surface area (TPSA) is 108 Å². The van der Waals surface area contributed by atoms with E-state index in [1.54, 1.807) is 0 Å². The molecule has 0 spiro atoms. The molecule has 2 aliphatic rings. The van der Waals surface area contributed by atoms with E-state index in [2.05, 4.69) is 15.4 Å². The van der Waals surface area contributed by atoms with Crippen LogP contribution in [-0.4, -0.2) is 62.6 Å². The fourth-order valence-corrected chi connectivity index (χ4v) is 4.59. The molecule has 2 heterocycles. The molecule has 3 atom stereocenters. The fraction of sp³-hybridized carbons (Fsp3) is 0.556. The number of hydrogen-bond donors (Lipinski definition) is 3. The molecule has 1 aromatic carbocycles. The molecule has 0 radical (unpaired) electrons. The van der Waals surface area contributed by atoms with Crippen molar-refractivity contribution in [3.63, 3.8) is 0 Å². The first-order valence-electron chi connectivity index (χ1n) is 9.13. The first-order chi connectivity index (χ1) is 12.8. The van der Waals surface area contributed by atoms with Gasteiger partial charge in [-0.2, -0.15) is 0 Å². The Morgan fingerprint density at radius 1 is 1.30 bits per heavy atom. The average molecular weight is 394 g/mol. The second-order valence-corrected chi connectivity index (χ2v) is 9.02. The van der Waals surface area contributed by atoms with Gasteiger partial charge in [-0.05, 0) is 18.4 Å². The lowest BCUT2D eigenvalue weighted by atomic mass is 10.0. The van der Waals surface area contributed by atoms with Crippen LogP contribution < -0.4 is 15.4 Å². The molecule has 0 aromatic heterocycles. The fourth-order valence-electron chi connectivity index (χ4n) is 3.81. The highest BCUT2D eigenvalue weighted by Crippen LogP contribution is 2.26. The molecule has 2 aliphatic heterocycles. The van der Waals surface area contributed by atoms with Gasteiger partial charge in [-0.15, -0.1) is 0 Å². The van der Waals surface area contributed by atoms with Crippen LogP contribution in [0.3, 0.4) is 0 Å². The lowest BCUT2D eigenvalue weighted by molar-refractivity contribution is -0.129. The van der Waals surface area contributed by atoms with Gasteiger partial charge in [0.15, 0.2) is 0 Å². The average Bonchev–Trinajstić information content (AvgIpc) is 3.03. The van der Waals surface area contributed by atoms with E-state index in [-0.39, 0.29) is 29.9 Å². The van der Waals surface area contributed by atoms with E-state index in [1.807, 2.05) is 35.2 Å². The van der Waals surface area contributed by atoms with Crippen LogP contribution in [-0.2, 0) is 26.2 Å². The number of rotatable bonds is 7. The summed E-state index contributed by atoms with van der Waals surface area (Å²) < 4.78 is 25.5. The predicted octanol–water partition coefficient (Wildman–Crippen LogP) is -0.426. The summed E-state index contributed by atoms with van der Waals surface area (Å²) in [5, 5.41) is 5.79. The minimum atomic E-state index is -3.32. The summed E-state index contributed by atoms with van der Waals surface area (Å²) in [5.74, 6) is -0.102. The minimum absolute atomic E-state index is 0.0292.